The molecule has 2 aliphatic rings. The first-order valence-electron chi connectivity index (χ1n) is 11.1. The molecule has 9 heteroatoms. The van der Waals surface area contributed by atoms with E-state index < -0.39 is 58.3 Å². The molecule has 0 saturated heterocycles. The number of Topliss-reactive ketones (excluding diaryl/α,β-unsaturated/α-hetero) is 1. The lowest BCUT2D eigenvalue weighted by Gasteiger charge is -2.55. The SMILES string of the molecule is CC(=O)O[C@H](C)[C@](C)(O)C(=O)O[C@@H]1CC[C@]2(C)CC(=O)C(C(C)(C)O)=C[C@@H]2[C@@]1(C)OC(C)=O. The monoisotopic (exact) mass is 468 g/mol. The Morgan fingerprint density at radius 1 is 1.12 bits per heavy atom. The van der Waals surface area contributed by atoms with Crippen LogP contribution in [0.1, 0.15) is 74.7 Å². The fraction of sp³-hybridized carbons (Fsp3) is 0.750. The zero-order valence-corrected chi connectivity index (χ0v) is 20.7. The van der Waals surface area contributed by atoms with Crippen molar-refractivity contribution in [3.05, 3.63) is 11.6 Å². The number of hydrogen-bond donors (Lipinski definition) is 2. The molecule has 0 bridgehead atoms. The van der Waals surface area contributed by atoms with Gasteiger partial charge in [0.05, 0.1) is 5.60 Å². The third-order valence-electron chi connectivity index (χ3n) is 7.00. The summed E-state index contributed by atoms with van der Waals surface area (Å²) >= 11 is 0. The van der Waals surface area contributed by atoms with Gasteiger partial charge in [-0.1, -0.05) is 13.0 Å². The normalized spacial score (nSPS) is 32.5. The lowest BCUT2D eigenvalue weighted by molar-refractivity contribution is -0.223. The summed E-state index contributed by atoms with van der Waals surface area (Å²) in [6, 6.07) is 0. The highest BCUT2D eigenvalue weighted by Crippen LogP contribution is 2.55. The molecule has 0 amide bonds. The summed E-state index contributed by atoms with van der Waals surface area (Å²) < 4.78 is 16.4. The minimum atomic E-state index is -2.14. The number of esters is 3. The second-order valence-corrected chi connectivity index (χ2v) is 10.5. The van der Waals surface area contributed by atoms with Gasteiger partial charge in [0.2, 0.25) is 0 Å². The van der Waals surface area contributed by atoms with E-state index in [9.17, 15) is 29.4 Å². The van der Waals surface area contributed by atoms with Crippen molar-refractivity contribution in [3.63, 3.8) is 0 Å². The molecule has 186 valence electrons. The van der Waals surface area contributed by atoms with E-state index in [4.69, 9.17) is 14.2 Å². The molecule has 33 heavy (non-hydrogen) atoms. The number of fused-ring (bicyclic) bond motifs is 1. The molecular formula is C24H36O9. The molecule has 2 N–H and O–H groups in total. The molecule has 0 aromatic heterocycles. The molecule has 1 fully saturated rings. The molecule has 0 aromatic carbocycles. The number of carbonyl (C=O) groups excluding carboxylic acids is 4. The lowest BCUT2D eigenvalue weighted by atomic mass is 9.54. The van der Waals surface area contributed by atoms with Crippen molar-refractivity contribution in [2.45, 2.75) is 104 Å². The highest BCUT2D eigenvalue weighted by atomic mass is 16.6. The first kappa shape index (κ1) is 27.0. The Labute approximate surface area is 194 Å². The van der Waals surface area contributed by atoms with Crippen LogP contribution in [0.3, 0.4) is 0 Å². The van der Waals surface area contributed by atoms with Gasteiger partial charge in [-0.25, -0.2) is 4.79 Å². The molecule has 0 spiro atoms. The van der Waals surface area contributed by atoms with Crippen LogP contribution in [0.25, 0.3) is 0 Å². The van der Waals surface area contributed by atoms with Gasteiger partial charge in [-0.15, -0.1) is 0 Å². The predicted octanol–water partition coefficient (Wildman–Crippen LogP) is 2.01. The largest absolute Gasteiger partial charge is 0.459 e. The van der Waals surface area contributed by atoms with Crippen molar-refractivity contribution in [2.75, 3.05) is 0 Å². The lowest BCUT2D eigenvalue weighted by Crippen LogP contribution is -2.62. The average Bonchev–Trinajstić information content (AvgIpc) is 2.61. The maximum atomic E-state index is 12.9. The van der Waals surface area contributed by atoms with Crippen molar-refractivity contribution in [2.24, 2.45) is 11.3 Å². The van der Waals surface area contributed by atoms with E-state index in [1.165, 1.54) is 34.6 Å². The van der Waals surface area contributed by atoms with Crippen molar-refractivity contribution in [1.82, 2.24) is 0 Å². The summed E-state index contributed by atoms with van der Waals surface area (Å²) in [4.78, 5) is 49.1. The van der Waals surface area contributed by atoms with Crippen molar-refractivity contribution in [3.8, 4) is 0 Å². The van der Waals surface area contributed by atoms with Gasteiger partial charge in [-0.3, -0.25) is 14.4 Å². The highest BCUT2D eigenvalue weighted by molar-refractivity contribution is 5.98. The smallest absolute Gasteiger partial charge is 0.342 e. The standard InChI is InChI=1S/C24H36O9/c1-13(31-14(2)25)23(7,30)20(28)32-19-9-10-22(6)12-17(27)16(21(4,5)29)11-18(22)24(19,8)33-15(3)26/h11,13,18-19,29-30H,9-10,12H2,1-8H3/t13-,18+,19-,22-,23+,24-/m1/s1. The third-order valence-corrected chi connectivity index (χ3v) is 7.00. The fourth-order valence-corrected chi connectivity index (χ4v) is 5.02. The van der Waals surface area contributed by atoms with E-state index in [0.717, 1.165) is 6.92 Å². The van der Waals surface area contributed by atoms with Crippen molar-refractivity contribution < 1.29 is 43.6 Å². The quantitative estimate of drug-likeness (QED) is 0.443. The molecule has 2 rings (SSSR count). The van der Waals surface area contributed by atoms with Gasteiger partial charge < -0.3 is 24.4 Å². The van der Waals surface area contributed by atoms with E-state index in [1.54, 1.807) is 13.0 Å². The minimum Gasteiger partial charge on any atom is -0.459 e. The number of ether oxygens (including phenoxy) is 3. The number of rotatable bonds is 6. The van der Waals surface area contributed by atoms with Gasteiger partial charge in [0, 0.05) is 31.8 Å². The fourth-order valence-electron chi connectivity index (χ4n) is 5.02. The highest BCUT2D eigenvalue weighted by Gasteiger charge is 2.60. The van der Waals surface area contributed by atoms with Gasteiger partial charge in [-0.05, 0) is 52.9 Å². The zero-order valence-electron chi connectivity index (χ0n) is 20.7. The van der Waals surface area contributed by atoms with Crippen LogP contribution in [-0.4, -0.2) is 62.9 Å². The summed E-state index contributed by atoms with van der Waals surface area (Å²) in [6.07, 6.45) is 0.413. The van der Waals surface area contributed by atoms with Crippen LogP contribution >= 0.6 is 0 Å². The summed E-state index contributed by atoms with van der Waals surface area (Å²) in [5.74, 6) is -3.01. The average molecular weight is 469 g/mol. The molecule has 0 aliphatic heterocycles. The first-order chi connectivity index (χ1) is 14.8. The second kappa shape index (κ2) is 8.83. The molecule has 9 nitrogen and oxygen atoms in total. The Morgan fingerprint density at radius 2 is 1.70 bits per heavy atom. The summed E-state index contributed by atoms with van der Waals surface area (Å²) in [7, 11) is 0. The van der Waals surface area contributed by atoms with Crippen LogP contribution in [0, 0.1) is 11.3 Å². The van der Waals surface area contributed by atoms with Gasteiger partial charge in [0.15, 0.2) is 17.0 Å². The van der Waals surface area contributed by atoms with E-state index in [1.807, 2.05) is 6.92 Å². The zero-order chi connectivity index (χ0) is 25.6. The van der Waals surface area contributed by atoms with Crippen molar-refractivity contribution in [1.29, 1.82) is 0 Å². The molecule has 0 heterocycles. The Morgan fingerprint density at radius 3 is 2.18 bits per heavy atom. The van der Waals surface area contributed by atoms with E-state index in [2.05, 4.69) is 0 Å². The molecule has 0 aromatic rings. The molecule has 6 atom stereocenters. The Balaban J connectivity index is 2.48. The van der Waals surface area contributed by atoms with E-state index in [-0.39, 0.29) is 24.2 Å². The van der Waals surface area contributed by atoms with Crippen LogP contribution in [0.2, 0.25) is 0 Å². The van der Waals surface area contributed by atoms with Gasteiger partial charge in [0.25, 0.3) is 0 Å². The molecule has 0 unspecified atom stereocenters. The van der Waals surface area contributed by atoms with Crippen LogP contribution in [-0.2, 0) is 33.4 Å². The first-order valence-corrected chi connectivity index (χ1v) is 11.1. The molecule has 1 saturated carbocycles. The number of ketones is 1. The maximum absolute atomic E-state index is 12.9. The van der Waals surface area contributed by atoms with Crippen LogP contribution in [0.15, 0.2) is 11.6 Å². The molecular weight excluding hydrogens is 432 g/mol. The van der Waals surface area contributed by atoms with Crippen LogP contribution in [0.5, 0.6) is 0 Å². The van der Waals surface area contributed by atoms with Gasteiger partial charge >= 0.3 is 17.9 Å². The van der Waals surface area contributed by atoms with Crippen LogP contribution < -0.4 is 0 Å². The van der Waals surface area contributed by atoms with Crippen molar-refractivity contribution >= 4 is 23.7 Å². The van der Waals surface area contributed by atoms with E-state index in [0.29, 0.717) is 6.42 Å². The number of aliphatic hydroxyl groups is 2. The third kappa shape index (κ3) is 5.30. The summed E-state index contributed by atoms with van der Waals surface area (Å²) in [5.41, 5.74) is -5.28. The van der Waals surface area contributed by atoms with Crippen LogP contribution in [0.4, 0.5) is 0 Å². The Kier molecular flexibility index (Phi) is 7.22. The number of hydrogen-bond acceptors (Lipinski definition) is 9. The molecule has 2 aliphatic carbocycles. The van der Waals surface area contributed by atoms with Gasteiger partial charge in [0.1, 0.15) is 12.2 Å². The second-order valence-electron chi connectivity index (χ2n) is 10.5. The predicted molar refractivity (Wildman–Crippen MR) is 117 cm³/mol. The summed E-state index contributed by atoms with van der Waals surface area (Å²) in [5, 5.41) is 21.2. The summed E-state index contributed by atoms with van der Waals surface area (Å²) in [6.45, 7) is 11.5. The van der Waals surface area contributed by atoms with E-state index >= 15 is 0 Å². The number of carbonyl (C=O) groups is 4. The maximum Gasteiger partial charge on any atom is 0.342 e. The Hall–Kier alpha value is -2.26. The van der Waals surface area contributed by atoms with Gasteiger partial charge in [-0.2, -0.15) is 0 Å². The topological polar surface area (TPSA) is 136 Å². The molecule has 0 radical (unpaired) electrons. The Bertz CT molecular complexity index is 866. The minimum absolute atomic E-state index is 0.145.